The monoisotopic (exact) mass is 273 g/mol. The number of aromatic nitrogens is 3. The van der Waals surface area contributed by atoms with E-state index in [1.54, 1.807) is 0 Å². The van der Waals surface area contributed by atoms with Crippen molar-refractivity contribution >= 4 is 34.7 Å². The molecule has 0 aliphatic heterocycles. The van der Waals surface area contributed by atoms with Crippen LogP contribution >= 0.6 is 34.7 Å². The average molecular weight is 274 g/mol. The molecule has 0 aliphatic carbocycles. The molecule has 0 unspecified atom stereocenters. The number of thiophene rings is 1. The van der Waals surface area contributed by atoms with E-state index in [-0.39, 0.29) is 5.69 Å². The van der Waals surface area contributed by atoms with Crippen LogP contribution in [0.3, 0.4) is 0 Å². The van der Waals surface area contributed by atoms with Gasteiger partial charge in [-0.15, -0.1) is 11.3 Å². The molecule has 0 atom stereocenters. The van der Waals surface area contributed by atoms with Crippen LogP contribution in [0.1, 0.15) is 4.88 Å². The van der Waals surface area contributed by atoms with Gasteiger partial charge in [0.2, 0.25) is 0 Å². The number of thioether (sulfide) groups is 1. The molecule has 0 fully saturated rings. The van der Waals surface area contributed by atoms with Gasteiger partial charge in [-0.2, -0.15) is 4.98 Å². The van der Waals surface area contributed by atoms with E-state index in [1.165, 1.54) is 34.0 Å². The predicted molar refractivity (Wildman–Crippen MR) is 66.5 cm³/mol. The molecule has 0 N–H and O–H groups in total. The third-order valence-corrected chi connectivity index (χ3v) is 3.66. The summed E-state index contributed by atoms with van der Waals surface area (Å²) in [4.78, 5) is 20.5. The van der Waals surface area contributed by atoms with Crippen LogP contribution < -0.4 is 5.69 Å². The number of rotatable bonds is 3. The van der Waals surface area contributed by atoms with Crippen LogP contribution in [0.15, 0.2) is 28.4 Å². The van der Waals surface area contributed by atoms with Gasteiger partial charge in [0.05, 0.1) is 10.9 Å². The predicted octanol–water partition coefficient (Wildman–Crippen LogP) is 2.12. The lowest BCUT2D eigenvalue weighted by molar-refractivity contribution is 0.672. The summed E-state index contributed by atoms with van der Waals surface area (Å²) in [6.07, 6.45) is 3.34. The third-order valence-electron chi connectivity index (χ3n) is 1.88. The molecule has 16 heavy (non-hydrogen) atoms. The highest BCUT2D eigenvalue weighted by Crippen LogP contribution is 2.21. The highest BCUT2D eigenvalue weighted by molar-refractivity contribution is 7.98. The van der Waals surface area contributed by atoms with Crippen LogP contribution in [0, 0.1) is 0 Å². The van der Waals surface area contributed by atoms with E-state index in [2.05, 4.69) is 9.97 Å². The Morgan fingerprint density at radius 3 is 2.94 bits per heavy atom. The highest BCUT2D eigenvalue weighted by atomic mass is 35.5. The second-order valence-electron chi connectivity index (χ2n) is 2.96. The average Bonchev–Trinajstić information content (AvgIpc) is 2.67. The van der Waals surface area contributed by atoms with Gasteiger partial charge >= 0.3 is 5.69 Å². The Kier molecular flexibility index (Phi) is 3.63. The number of hydrogen-bond donors (Lipinski definition) is 0. The second-order valence-corrected chi connectivity index (χ2v) is 5.53. The van der Waals surface area contributed by atoms with Crippen LogP contribution in [-0.2, 0) is 6.54 Å². The zero-order valence-corrected chi connectivity index (χ0v) is 10.8. The molecule has 0 spiro atoms. The SMILES string of the molecule is CSc1ncn(Cc2ccc(Cl)s2)c(=O)n1. The van der Waals surface area contributed by atoms with Gasteiger partial charge in [-0.05, 0) is 18.4 Å². The Labute approximate surface area is 105 Å². The Hall–Kier alpha value is -0.850. The fourth-order valence-electron chi connectivity index (χ4n) is 1.15. The largest absolute Gasteiger partial charge is 0.351 e. The van der Waals surface area contributed by atoms with E-state index in [9.17, 15) is 4.79 Å². The Morgan fingerprint density at radius 2 is 2.38 bits per heavy atom. The minimum absolute atomic E-state index is 0.288. The number of hydrogen-bond acceptors (Lipinski definition) is 5. The van der Waals surface area contributed by atoms with E-state index in [0.29, 0.717) is 16.0 Å². The van der Waals surface area contributed by atoms with Crippen molar-refractivity contribution in [3.05, 3.63) is 38.2 Å². The van der Waals surface area contributed by atoms with Crippen molar-refractivity contribution in [2.75, 3.05) is 6.26 Å². The first-order valence-corrected chi connectivity index (χ1v) is 6.82. The maximum absolute atomic E-state index is 11.6. The van der Waals surface area contributed by atoms with Gasteiger partial charge in [-0.25, -0.2) is 9.78 Å². The zero-order valence-electron chi connectivity index (χ0n) is 8.38. The van der Waals surface area contributed by atoms with Crippen molar-refractivity contribution in [3.63, 3.8) is 0 Å². The van der Waals surface area contributed by atoms with Crippen molar-refractivity contribution in [3.8, 4) is 0 Å². The lowest BCUT2D eigenvalue weighted by Crippen LogP contribution is -2.23. The van der Waals surface area contributed by atoms with Gasteiger partial charge in [0.1, 0.15) is 6.33 Å². The molecule has 0 radical (unpaired) electrons. The molecule has 2 aromatic rings. The van der Waals surface area contributed by atoms with Gasteiger partial charge in [0, 0.05) is 4.88 Å². The van der Waals surface area contributed by atoms with E-state index < -0.39 is 0 Å². The second kappa shape index (κ2) is 4.99. The molecular weight excluding hydrogens is 266 g/mol. The summed E-state index contributed by atoms with van der Waals surface area (Å²) >= 11 is 8.60. The van der Waals surface area contributed by atoms with Crippen molar-refractivity contribution in [1.29, 1.82) is 0 Å². The summed E-state index contributed by atoms with van der Waals surface area (Å²) in [7, 11) is 0. The number of halogens is 1. The molecule has 0 bridgehead atoms. The molecule has 0 saturated heterocycles. The summed E-state index contributed by atoms with van der Waals surface area (Å²) in [5, 5.41) is 0.491. The lowest BCUT2D eigenvalue weighted by atomic mass is 10.4. The van der Waals surface area contributed by atoms with Crippen molar-refractivity contribution in [2.24, 2.45) is 0 Å². The topological polar surface area (TPSA) is 47.8 Å². The molecule has 2 heterocycles. The maximum atomic E-state index is 11.6. The quantitative estimate of drug-likeness (QED) is 0.804. The van der Waals surface area contributed by atoms with Crippen molar-refractivity contribution < 1.29 is 0 Å². The van der Waals surface area contributed by atoms with Crippen LogP contribution in [0.25, 0.3) is 0 Å². The summed E-state index contributed by atoms with van der Waals surface area (Å²) in [5.74, 6) is 0. The standard InChI is InChI=1S/C9H8ClN3OS2/c1-15-8-11-5-13(9(14)12-8)4-6-2-3-7(10)16-6/h2-3,5H,4H2,1H3. The number of nitrogens with zero attached hydrogens (tertiary/aromatic N) is 3. The molecule has 0 amide bonds. The minimum Gasteiger partial charge on any atom is -0.277 e. The van der Waals surface area contributed by atoms with E-state index >= 15 is 0 Å². The van der Waals surface area contributed by atoms with E-state index in [0.717, 1.165) is 4.88 Å². The molecular formula is C9H8ClN3OS2. The van der Waals surface area contributed by atoms with Gasteiger partial charge < -0.3 is 0 Å². The van der Waals surface area contributed by atoms with Crippen LogP contribution in [0.4, 0.5) is 0 Å². The van der Waals surface area contributed by atoms with Gasteiger partial charge in [-0.3, -0.25) is 4.57 Å². The first-order valence-electron chi connectivity index (χ1n) is 4.41. The van der Waals surface area contributed by atoms with E-state index in [4.69, 9.17) is 11.6 Å². The summed E-state index contributed by atoms with van der Waals surface area (Å²) in [5.41, 5.74) is -0.288. The molecule has 0 saturated carbocycles. The first-order chi connectivity index (χ1) is 7.69. The zero-order chi connectivity index (χ0) is 11.5. The molecule has 7 heteroatoms. The molecule has 2 rings (SSSR count). The normalized spacial score (nSPS) is 10.6. The van der Waals surface area contributed by atoms with Gasteiger partial charge in [0.15, 0.2) is 5.16 Å². The first kappa shape index (κ1) is 11.6. The Balaban J connectivity index is 2.25. The van der Waals surface area contributed by atoms with Crippen LogP contribution in [-0.4, -0.2) is 20.8 Å². The van der Waals surface area contributed by atoms with Crippen LogP contribution in [0.2, 0.25) is 4.34 Å². The Bertz CT molecular complexity index is 552. The summed E-state index contributed by atoms with van der Waals surface area (Å²) in [6, 6.07) is 3.70. The molecule has 84 valence electrons. The molecule has 2 aromatic heterocycles. The van der Waals surface area contributed by atoms with Crippen molar-refractivity contribution in [2.45, 2.75) is 11.7 Å². The molecule has 0 aromatic carbocycles. The van der Waals surface area contributed by atoms with Gasteiger partial charge in [0.25, 0.3) is 0 Å². The van der Waals surface area contributed by atoms with Crippen molar-refractivity contribution in [1.82, 2.24) is 14.5 Å². The molecule has 4 nitrogen and oxygen atoms in total. The third kappa shape index (κ3) is 2.63. The van der Waals surface area contributed by atoms with E-state index in [1.807, 2.05) is 18.4 Å². The lowest BCUT2D eigenvalue weighted by Gasteiger charge is -2.02. The Morgan fingerprint density at radius 1 is 1.56 bits per heavy atom. The minimum atomic E-state index is -0.288. The fourth-order valence-corrected chi connectivity index (χ4v) is 2.56. The van der Waals surface area contributed by atoms with Gasteiger partial charge in [-0.1, -0.05) is 23.4 Å². The van der Waals surface area contributed by atoms with Crippen LogP contribution in [0.5, 0.6) is 0 Å². The highest BCUT2D eigenvalue weighted by Gasteiger charge is 2.03. The maximum Gasteiger partial charge on any atom is 0.351 e. The summed E-state index contributed by atoms with van der Waals surface area (Å²) in [6.45, 7) is 0.463. The molecule has 0 aliphatic rings. The fraction of sp³-hybridized carbons (Fsp3) is 0.222. The summed E-state index contributed by atoms with van der Waals surface area (Å²) < 4.78 is 2.17. The smallest absolute Gasteiger partial charge is 0.277 e.